The van der Waals surface area contributed by atoms with Crippen molar-refractivity contribution in [2.24, 2.45) is 0 Å². The van der Waals surface area contributed by atoms with Crippen LogP contribution in [0.4, 0.5) is 0 Å². The van der Waals surface area contributed by atoms with Gasteiger partial charge in [-0.2, -0.15) is 0 Å². The van der Waals surface area contributed by atoms with Gasteiger partial charge in [-0.05, 0) is 29.8 Å². The molecule has 0 unspecified atom stereocenters. The summed E-state index contributed by atoms with van der Waals surface area (Å²) in [5.74, 6) is 1.29. The van der Waals surface area contributed by atoms with E-state index in [1.54, 1.807) is 18.5 Å². The molecule has 0 N–H and O–H groups in total. The Bertz CT molecular complexity index is 474. The maximum absolute atomic E-state index is 11.8. The third kappa shape index (κ3) is 2.37. The number of hydrogen-bond donors (Lipinski definition) is 0. The van der Waals surface area contributed by atoms with Crippen molar-refractivity contribution in [3.63, 3.8) is 0 Å². The van der Waals surface area contributed by atoms with E-state index < -0.39 is 0 Å². The monoisotopic (exact) mass is 215 g/mol. The Kier molecular flexibility index (Phi) is 3.15. The summed E-state index contributed by atoms with van der Waals surface area (Å²) >= 11 is 0. The van der Waals surface area contributed by atoms with E-state index in [9.17, 15) is 4.79 Å². The Morgan fingerprint density at radius 3 is 2.62 bits per heavy atom. The first-order valence-electron chi connectivity index (χ1n) is 5.30. The number of aryl methyl sites for hydroxylation is 1. The summed E-state index contributed by atoms with van der Waals surface area (Å²) in [6.45, 7) is 2.00. The van der Waals surface area contributed by atoms with Crippen LogP contribution in [0.1, 0.15) is 28.8 Å². The van der Waals surface area contributed by atoms with E-state index in [-0.39, 0.29) is 5.78 Å². The van der Waals surface area contributed by atoms with Gasteiger partial charge in [0.2, 0.25) is 5.78 Å². The van der Waals surface area contributed by atoms with Crippen LogP contribution < -0.4 is 0 Å². The van der Waals surface area contributed by atoms with Gasteiger partial charge < -0.3 is 4.42 Å². The van der Waals surface area contributed by atoms with E-state index in [1.165, 1.54) is 0 Å². The second kappa shape index (κ2) is 4.75. The third-order valence-electron chi connectivity index (χ3n) is 2.40. The highest BCUT2D eigenvalue weighted by atomic mass is 16.3. The molecule has 0 radical (unpaired) electrons. The van der Waals surface area contributed by atoms with Gasteiger partial charge in [0, 0.05) is 25.2 Å². The van der Waals surface area contributed by atoms with E-state index in [2.05, 4.69) is 4.98 Å². The lowest BCUT2D eigenvalue weighted by molar-refractivity contribution is 0.0965. The van der Waals surface area contributed by atoms with Crippen molar-refractivity contribution in [3.8, 4) is 0 Å². The first-order valence-corrected chi connectivity index (χ1v) is 5.30. The van der Waals surface area contributed by atoms with Gasteiger partial charge in [-0.1, -0.05) is 6.92 Å². The summed E-state index contributed by atoms with van der Waals surface area (Å²) in [4.78, 5) is 15.7. The Balaban J connectivity index is 2.09. The van der Waals surface area contributed by atoms with Gasteiger partial charge in [0.1, 0.15) is 5.76 Å². The average Bonchev–Trinajstić information content (AvgIpc) is 2.79. The molecule has 2 heterocycles. The molecule has 0 bridgehead atoms. The highest BCUT2D eigenvalue weighted by Gasteiger charge is 2.11. The first-order chi connectivity index (χ1) is 7.79. The Hall–Kier alpha value is -1.90. The van der Waals surface area contributed by atoms with Crippen LogP contribution >= 0.6 is 0 Å². The number of carbonyl (C=O) groups is 1. The fraction of sp³-hybridized carbons (Fsp3) is 0.231. The zero-order valence-electron chi connectivity index (χ0n) is 9.14. The third-order valence-corrected chi connectivity index (χ3v) is 2.40. The van der Waals surface area contributed by atoms with Gasteiger partial charge in [-0.25, -0.2) is 0 Å². The normalized spacial score (nSPS) is 10.3. The number of nitrogens with zero attached hydrogens (tertiary/aromatic N) is 1. The molecule has 2 aromatic rings. The molecule has 2 rings (SSSR count). The zero-order valence-corrected chi connectivity index (χ0v) is 9.14. The molecule has 3 nitrogen and oxygen atoms in total. The Morgan fingerprint density at radius 2 is 2.00 bits per heavy atom. The number of carbonyl (C=O) groups excluding carboxylic acids is 1. The summed E-state index contributed by atoms with van der Waals surface area (Å²) in [5, 5.41) is 0. The fourth-order valence-electron chi connectivity index (χ4n) is 1.49. The summed E-state index contributed by atoms with van der Waals surface area (Å²) in [6, 6.07) is 7.26. The van der Waals surface area contributed by atoms with Crippen molar-refractivity contribution in [3.05, 3.63) is 53.7 Å². The quantitative estimate of drug-likeness (QED) is 0.736. The topological polar surface area (TPSA) is 43.1 Å². The number of Topliss-reactive ketones (excluding diaryl/α,β-unsaturated/α-hetero) is 1. The molecular formula is C13H13NO2. The highest BCUT2D eigenvalue weighted by Crippen LogP contribution is 2.11. The molecule has 0 amide bonds. The lowest BCUT2D eigenvalue weighted by Crippen LogP contribution is -2.01. The van der Waals surface area contributed by atoms with Gasteiger partial charge in [0.15, 0.2) is 5.76 Å². The minimum Gasteiger partial charge on any atom is -0.458 e. The molecule has 0 saturated heterocycles. The Labute approximate surface area is 94.1 Å². The number of aromatic nitrogens is 1. The minimum atomic E-state index is 0.00546. The number of hydrogen-bond acceptors (Lipinski definition) is 3. The van der Waals surface area contributed by atoms with E-state index in [4.69, 9.17) is 4.42 Å². The van der Waals surface area contributed by atoms with Crippen molar-refractivity contribution < 1.29 is 9.21 Å². The first kappa shape index (κ1) is 10.6. The van der Waals surface area contributed by atoms with Gasteiger partial charge in [-0.15, -0.1) is 0 Å². The molecule has 2 aromatic heterocycles. The summed E-state index contributed by atoms with van der Waals surface area (Å²) < 4.78 is 5.40. The molecule has 16 heavy (non-hydrogen) atoms. The number of ketones is 1. The predicted molar refractivity (Wildman–Crippen MR) is 60.4 cm³/mol. The van der Waals surface area contributed by atoms with Crippen molar-refractivity contribution in [2.45, 2.75) is 19.8 Å². The maximum atomic E-state index is 11.8. The standard InChI is InChI=1S/C13H13NO2/c1-2-11-3-4-13(16-11)12(15)9-10-5-7-14-8-6-10/h3-8H,2,9H2,1H3. The van der Waals surface area contributed by atoms with Crippen LogP contribution in [0, 0.1) is 0 Å². The van der Waals surface area contributed by atoms with Gasteiger partial charge >= 0.3 is 0 Å². The van der Waals surface area contributed by atoms with Crippen LogP contribution in [0.3, 0.4) is 0 Å². The average molecular weight is 215 g/mol. The van der Waals surface area contributed by atoms with Gasteiger partial charge in [-0.3, -0.25) is 9.78 Å². The van der Waals surface area contributed by atoms with Crippen molar-refractivity contribution in [1.82, 2.24) is 4.98 Å². The number of pyridine rings is 1. The van der Waals surface area contributed by atoms with Crippen molar-refractivity contribution in [2.75, 3.05) is 0 Å². The van der Waals surface area contributed by atoms with Crippen LogP contribution in [0.2, 0.25) is 0 Å². The SMILES string of the molecule is CCc1ccc(C(=O)Cc2ccncc2)o1. The van der Waals surface area contributed by atoms with Crippen molar-refractivity contribution >= 4 is 5.78 Å². The van der Waals surface area contributed by atoms with E-state index in [0.29, 0.717) is 12.2 Å². The lowest BCUT2D eigenvalue weighted by atomic mass is 10.1. The smallest absolute Gasteiger partial charge is 0.202 e. The van der Waals surface area contributed by atoms with Gasteiger partial charge in [0.25, 0.3) is 0 Å². The van der Waals surface area contributed by atoms with E-state index >= 15 is 0 Å². The summed E-state index contributed by atoms with van der Waals surface area (Å²) in [6.07, 6.45) is 4.53. The molecule has 0 saturated carbocycles. The Morgan fingerprint density at radius 1 is 1.25 bits per heavy atom. The molecule has 0 aromatic carbocycles. The second-order valence-corrected chi connectivity index (χ2v) is 3.57. The zero-order chi connectivity index (χ0) is 11.4. The van der Waals surface area contributed by atoms with E-state index in [1.807, 2.05) is 25.1 Å². The van der Waals surface area contributed by atoms with Crippen LogP contribution in [-0.2, 0) is 12.8 Å². The molecule has 0 aliphatic carbocycles. The van der Waals surface area contributed by atoms with Crippen LogP contribution in [0.15, 0.2) is 41.1 Å². The van der Waals surface area contributed by atoms with Crippen molar-refractivity contribution in [1.29, 1.82) is 0 Å². The molecule has 0 spiro atoms. The molecular weight excluding hydrogens is 202 g/mol. The molecule has 0 aliphatic heterocycles. The molecule has 0 aliphatic rings. The summed E-state index contributed by atoms with van der Waals surface area (Å²) in [7, 11) is 0. The van der Waals surface area contributed by atoms with Crippen LogP contribution in [-0.4, -0.2) is 10.8 Å². The van der Waals surface area contributed by atoms with E-state index in [0.717, 1.165) is 17.7 Å². The predicted octanol–water partition coefficient (Wildman–Crippen LogP) is 2.66. The second-order valence-electron chi connectivity index (χ2n) is 3.57. The summed E-state index contributed by atoms with van der Waals surface area (Å²) in [5.41, 5.74) is 0.953. The largest absolute Gasteiger partial charge is 0.458 e. The molecule has 0 atom stereocenters. The molecule has 0 fully saturated rings. The maximum Gasteiger partial charge on any atom is 0.202 e. The van der Waals surface area contributed by atoms with Crippen LogP contribution in [0.25, 0.3) is 0 Å². The fourth-order valence-corrected chi connectivity index (χ4v) is 1.49. The lowest BCUT2D eigenvalue weighted by Gasteiger charge is -1.97. The minimum absolute atomic E-state index is 0.00546. The molecule has 3 heteroatoms. The molecule has 82 valence electrons. The van der Waals surface area contributed by atoms with Crippen LogP contribution in [0.5, 0.6) is 0 Å². The number of furan rings is 1. The van der Waals surface area contributed by atoms with Gasteiger partial charge in [0.05, 0.1) is 0 Å². The number of rotatable bonds is 4. The highest BCUT2D eigenvalue weighted by molar-refractivity contribution is 5.95.